The number of carbonyl (C=O) groups is 2. The second-order valence-corrected chi connectivity index (χ2v) is 6.86. The van der Waals surface area contributed by atoms with Crippen LogP contribution in [0.4, 0.5) is 4.79 Å². The van der Waals surface area contributed by atoms with E-state index in [0.717, 1.165) is 6.54 Å². The third-order valence-corrected chi connectivity index (χ3v) is 4.88. The van der Waals surface area contributed by atoms with Crippen molar-refractivity contribution in [1.82, 2.24) is 25.8 Å². The number of benzene rings is 1. The lowest BCUT2D eigenvalue weighted by atomic mass is 10.1. The molecule has 0 spiro atoms. The van der Waals surface area contributed by atoms with Crippen LogP contribution in [0.1, 0.15) is 24.0 Å². The molecule has 2 heterocycles. The second kappa shape index (κ2) is 11.2. The summed E-state index contributed by atoms with van der Waals surface area (Å²) in [6.07, 6.45) is 2.62. The van der Waals surface area contributed by atoms with E-state index in [1.165, 1.54) is 42.0 Å². The van der Waals surface area contributed by atoms with Gasteiger partial charge in [-0.25, -0.2) is 4.79 Å². The van der Waals surface area contributed by atoms with Crippen molar-refractivity contribution in [3.63, 3.8) is 0 Å². The van der Waals surface area contributed by atoms with Crippen molar-refractivity contribution in [2.75, 3.05) is 39.8 Å². The summed E-state index contributed by atoms with van der Waals surface area (Å²) in [4.78, 5) is 30.9. The molecule has 3 N–H and O–H groups in total. The van der Waals surface area contributed by atoms with E-state index in [4.69, 9.17) is 0 Å². The van der Waals surface area contributed by atoms with E-state index in [-0.39, 0.29) is 42.5 Å². The topological polar surface area (TPSA) is 89.1 Å². The monoisotopic (exact) mass is 500 g/mol. The number of imide groups is 1. The molecule has 0 saturated carbocycles. The summed E-state index contributed by atoms with van der Waals surface area (Å²) >= 11 is 0. The molecule has 0 unspecified atom stereocenters. The van der Waals surface area contributed by atoms with Gasteiger partial charge in [0.2, 0.25) is 5.91 Å². The molecule has 2 aliphatic rings. The van der Waals surface area contributed by atoms with Crippen LogP contribution in [0.2, 0.25) is 0 Å². The highest BCUT2D eigenvalue weighted by Gasteiger charge is 2.27. The molecule has 0 aliphatic carbocycles. The zero-order valence-electron chi connectivity index (χ0n) is 16.2. The number of amides is 3. The molecule has 0 atom stereocenters. The molecule has 3 amide bonds. The summed E-state index contributed by atoms with van der Waals surface area (Å²) in [5, 5.41) is 8.88. The lowest BCUT2D eigenvalue weighted by Gasteiger charge is -2.16. The molecule has 0 bridgehead atoms. The average molecular weight is 500 g/mol. The van der Waals surface area contributed by atoms with Crippen LogP contribution < -0.4 is 16.0 Å². The van der Waals surface area contributed by atoms with Gasteiger partial charge in [-0.1, -0.05) is 24.3 Å². The Balaban J connectivity index is 0.00000280. The van der Waals surface area contributed by atoms with Gasteiger partial charge in [-0.3, -0.25) is 19.6 Å². The minimum Gasteiger partial charge on any atom is -0.355 e. The van der Waals surface area contributed by atoms with Crippen molar-refractivity contribution in [1.29, 1.82) is 0 Å². The van der Waals surface area contributed by atoms with Crippen molar-refractivity contribution in [2.24, 2.45) is 4.99 Å². The van der Waals surface area contributed by atoms with Gasteiger partial charge in [0, 0.05) is 33.2 Å². The fraction of sp³-hybridized carbons (Fsp3) is 0.526. The number of likely N-dealkylation sites (tertiary alicyclic amines) is 1. The highest BCUT2D eigenvalue weighted by Crippen LogP contribution is 2.13. The van der Waals surface area contributed by atoms with Crippen LogP contribution in [0.25, 0.3) is 0 Å². The van der Waals surface area contributed by atoms with E-state index in [9.17, 15) is 9.59 Å². The Bertz CT molecular complexity index is 672. The number of rotatable bonds is 7. The lowest BCUT2D eigenvalue weighted by molar-refractivity contribution is -0.124. The summed E-state index contributed by atoms with van der Waals surface area (Å²) in [5.74, 6) is 0.446. The summed E-state index contributed by atoms with van der Waals surface area (Å²) < 4.78 is 0. The fourth-order valence-corrected chi connectivity index (χ4v) is 3.34. The first-order valence-corrected chi connectivity index (χ1v) is 9.48. The summed E-state index contributed by atoms with van der Waals surface area (Å²) in [5.41, 5.74) is 2.52. The van der Waals surface area contributed by atoms with Gasteiger partial charge in [-0.05, 0) is 37.1 Å². The van der Waals surface area contributed by atoms with Gasteiger partial charge in [-0.2, -0.15) is 0 Å². The molecule has 1 aromatic carbocycles. The number of guanidine groups is 1. The SMILES string of the molecule is CN=C(NCCN1C(=O)CNC1=O)NCc1ccc(CN2CCCC2)cc1.I. The average Bonchev–Trinajstić information content (AvgIpc) is 3.30. The first kappa shape index (κ1) is 22.4. The highest BCUT2D eigenvalue weighted by molar-refractivity contribution is 14.0. The van der Waals surface area contributed by atoms with Crippen LogP contribution in [0.5, 0.6) is 0 Å². The second-order valence-electron chi connectivity index (χ2n) is 6.86. The van der Waals surface area contributed by atoms with Crippen LogP contribution in [0, 0.1) is 0 Å². The van der Waals surface area contributed by atoms with Gasteiger partial charge < -0.3 is 16.0 Å². The number of carbonyl (C=O) groups excluding carboxylic acids is 2. The van der Waals surface area contributed by atoms with E-state index in [1.54, 1.807) is 7.05 Å². The van der Waals surface area contributed by atoms with E-state index in [2.05, 4.69) is 50.1 Å². The minimum absolute atomic E-state index is 0. The Kier molecular flexibility index (Phi) is 8.97. The molecule has 2 aliphatic heterocycles. The highest BCUT2D eigenvalue weighted by atomic mass is 127. The van der Waals surface area contributed by atoms with Crippen molar-refractivity contribution >= 4 is 41.9 Å². The Labute approximate surface area is 183 Å². The van der Waals surface area contributed by atoms with Gasteiger partial charge in [-0.15, -0.1) is 24.0 Å². The van der Waals surface area contributed by atoms with Gasteiger partial charge in [0.15, 0.2) is 5.96 Å². The summed E-state index contributed by atoms with van der Waals surface area (Å²) in [6, 6.07) is 8.31. The number of nitrogens with one attached hydrogen (secondary N) is 3. The van der Waals surface area contributed by atoms with E-state index >= 15 is 0 Å². The molecule has 28 heavy (non-hydrogen) atoms. The molecule has 3 rings (SSSR count). The standard InChI is InChI=1S/C19H28N6O2.HI/c1-20-18(21-8-11-25-17(26)13-23-19(25)27)22-12-15-4-6-16(7-5-15)14-24-9-2-3-10-24;/h4-7H,2-3,8-14H2,1H3,(H,23,27)(H2,20,21,22);1H. The number of halogens is 1. The lowest BCUT2D eigenvalue weighted by Crippen LogP contribution is -2.43. The Morgan fingerprint density at radius 1 is 1.11 bits per heavy atom. The predicted octanol–water partition coefficient (Wildman–Crippen LogP) is 1.12. The first-order valence-electron chi connectivity index (χ1n) is 9.48. The summed E-state index contributed by atoms with van der Waals surface area (Å²) in [6.45, 7) is 4.95. The normalized spacial score (nSPS) is 17.5. The van der Waals surface area contributed by atoms with Crippen LogP contribution in [-0.2, 0) is 17.9 Å². The Hall–Kier alpha value is -1.88. The van der Waals surface area contributed by atoms with Crippen LogP contribution in [0.3, 0.4) is 0 Å². The smallest absolute Gasteiger partial charge is 0.324 e. The Morgan fingerprint density at radius 2 is 1.79 bits per heavy atom. The predicted molar refractivity (Wildman–Crippen MR) is 120 cm³/mol. The largest absolute Gasteiger partial charge is 0.355 e. The number of urea groups is 1. The summed E-state index contributed by atoms with van der Waals surface area (Å²) in [7, 11) is 1.70. The third kappa shape index (κ3) is 6.33. The van der Waals surface area contributed by atoms with E-state index in [0.29, 0.717) is 25.6 Å². The molecule has 2 fully saturated rings. The zero-order chi connectivity index (χ0) is 19.1. The molecular weight excluding hydrogens is 471 g/mol. The van der Waals surface area contributed by atoms with Gasteiger partial charge in [0.25, 0.3) is 0 Å². The maximum absolute atomic E-state index is 11.5. The van der Waals surface area contributed by atoms with Gasteiger partial charge in [0.05, 0.1) is 6.54 Å². The number of nitrogens with zero attached hydrogens (tertiary/aromatic N) is 3. The molecule has 0 radical (unpaired) electrons. The maximum Gasteiger partial charge on any atom is 0.324 e. The van der Waals surface area contributed by atoms with Crippen molar-refractivity contribution in [3.8, 4) is 0 Å². The van der Waals surface area contributed by atoms with Crippen LogP contribution >= 0.6 is 24.0 Å². The van der Waals surface area contributed by atoms with Gasteiger partial charge in [0.1, 0.15) is 0 Å². The quantitative estimate of drug-likeness (QED) is 0.226. The number of hydrogen-bond donors (Lipinski definition) is 3. The number of hydrogen-bond acceptors (Lipinski definition) is 4. The van der Waals surface area contributed by atoms with Crippen LogP contribution in [-0.4, -0.2) is 67.5 Å². The van der Waals surface area contributed by atoms with Crippen molar-refractivity contribution in [2.45, 2.75) is 25.9 Å². The van der Waals surface area contributed by atoms with Crippen molar-refractivity contribution < 1.29 is 9.59 Å². The molecule has 1 aromatic rings. The maximum atomic E-state index is 11.5. The molecule has 9 heteroatoms. The molecule has 0 aromatic heterocycles. The molecule has 8 nitrogen and oxygen atoms in total. The van der Waals surface area contributed by atoms with Crippen molar-refractivity contribution in [3.05, 3.63) is 35.4 Å². The zero-order valence-corrected chi connectivity index (χ0v) is 18.6. The van der Waals surface area contributed by atoms with Crippen LogP contribution in [0.15, 0.2) is 29.3 Å². The third-order valence-electron chi connectivity index (χ3n) is 4.88. The fourth-order valence-electron chi connectivity index (χ4n) is 3.34. The van der Waals surface area contributed by atoms with E-state index < -0.39 is 0 Å². The molecular formula is C19H29IN6O2. The minimum atomic E-state index is -0.334. The molecule has 2 saturated heterocycles. The van der Waals surface area contributed by atoms with Gasteiger partial charge >= 0.3 is 6.03 Å². The first-order chi connectivity index (χ1) is 13.2. The Morgan fingerprint density at radius 3 is 2.39 bits per heavy atom. The number of aliphatic imine (C=N–C) groups is 1. The van der Waals surface area contributed by atoms with E-state index in [1.807, 2.05) is 0 Å². The molecule has 154 valence electrons.